The van der Waals surface area contributed by atoms with E-state index in [9.17, 15) is 14.7 Å². The first-order chi connectivity index (χ1) is 17.6. The highest BCUT2D eigenvalue weighted by Crippen LogP contribution is 2.43. The molecule has 1 N–H and O–H groups in total. The van der Waals surface area contributed by atoms with Crippen LogP contribution in [0.4, 0.5) is 5.13 Å². The third kappa shape index (κ3) is 4.46. The Morgan fingerprint density at radius 2 is 1.72 bits per heavy atom. The number of ether oxygens (including phenoxy) is 2. The maximum atomic E-state index is 13.3. The van der Waals surface area contributed by atoms with E-state index in [1.807, 2.05) is 37.3 Å². The highest BCUT2D eigenvalue weighted by Gasteiger charge is 2.48. The Balaban J connectivity index is 1.61. The van der Waals surface area contributed by atoms with Gasteiger partial charge in [0.15, 0.2) is 5.13 Å². The van der Waals surface area contributed by atoms with Gasteiger partial charge in [-0.2, -0.15) is 0 Å². The minimum atomic E-state index is -0.887. The molecule has 0 aliphatic carbocycles. The van der Waals surface area contributed by atoms with Gasteiger partial charge in [-0.3, -0.25) is 14.5 Å². The standard InChI is InChI=1S/C28H22N2O5S/c1-2-34-20-13-11-18(12-14-20)25(31)23-24(30(27(33)26(23)32)28-29-15-16-36-28)19-7-6-10-22(17-19)35-21-8-4-3-5-9-21/h3-17,24,31H,2H2,1H3/t24-/m1/s1. The summed E-state index contributed by atoms with van der Waals surface area (Å²) >= 11 is 1.24. The van der Waals surface area contributed by atoms with Crippen LogP contribution in [0.5, 0.6) is 17.2 Å². The van der Waals surface area contributed by atoms with Gasteiger partial charge in [0.05, 0.1) is 18.2 Å². The number of benzene rings is 3. The molecule has 2 heterocycles. The van der Waals surface area contributed by atoms with Gasteiger partial charge >= 0.3 is 5.91 Å². The summed E-state index contributed by atoms with van der Waals surface area (Å²) in [6, 6.07) is 22.3. The SMILES string of the molecule is CCOc1ccc(C(O)=C2C(=O)C(=O)N(c3nccs3)[C@@H]2c2cccc(Oc3ccccc3)c2)cc1. The number of hydrogen-bond donors (Lipinski definition) is 1. The molecular weight excluding hydrogens is 476 g/mol. The number of nitrogens with zero attached hydrogens (tertiary/aromatic N) is 2. The molecule has 0 spiro atoms. The van der Waals surface area contributed by atoms with Crippen molar-refractivity contribution in [2.75, 3.05) is 11.5 Å². The highest BCUT2D eigenvalue weighted by molar-refractivity contribution is 7.14. The van der Waals surface area contributed by atoms with Crippen molar-refractivity contribution in [3.05, 3.63) is 107 Å². The predicted octanol–water partition coefficient (Wildman–Crippen LogP) is 5.96. The van der Waals surface area contributed by atoms with Crippen LogP contribution >= 0.6 is 11.3 Å². The van der Waals surface area contributed by atoms with E-state index >= 15 is 0 Å². The first-order valence-corrected chi connectivity index (χ1v) is 12.2. The molecule has 1 aliphatic rings. The Labute approximate surface area is 211 Å². The van der Waals surface area contributed by atoms with E-state index in [4.69, 9.17) is 9.47 Å². The van der Waals surface area contributed by atoms with Gasteiger partial charge in [-0.25, -0.2) is 4.98 Å². The maximum absolute atomic E-state index is 13.3. The molecule has 1 aliphatic heterocycles. The molecule has 0 unspecified atom stereocenters. The molecule has 1 atom stereocenters. The number of carbonyl (C=O) groups is 2. The van der Waals surface area contributed by atoms with Gasteiger partial charge in [0.1, 0.15) is 23.0 Å². The molecular formula is C28H22N2O5S. The molecule has 8 heteroatoms. The number of rotatable bonds is 7. The summed E-state index contributed by atoms with van der Waals surface area (Å²) in [5.74, 6) is 0.0183. The smallest absolute Gasteiger partial charge is 0.301 e. The van der Waals surface area contributed by atoms with E-state index in [0.717, 1.165) is 0 Å². The minimum Gasteiger partial charge on any atom is -0.507 e. The molecule has 36 heavy (non-hydrogen) atoms. The number of amides is 1. The summed E-state index contributed by atoms with van der Waals surface area (Å²) in [5.41, 5.74) is 0.985. The van der Waals surface area contributed by atoms with Crippen molar-refractivity contribution < 1.29 is 24.2 Å². The van der Waals surface area contributed by atoms with Crippen LogP contribution in [0.15, 0.2) is 96.0 Å². The van der Waals surface area contributed by atoms with Crippen LogP contribution in [-0.2, 0) is 9.59 Å². The second kappa shape index (κ2) is 10.1. The summed E-state index contributed by atoms with van der Waals surface area (Å²) in [6.07, 6.45) is 1.57. The fourth-order valence-electron chi connectivity index (χ4n) is 4.08. The zero-order valence-corrected chi connectivity index (χ0v) is 20.1. The van der Waals surface area contributed by atoms with Crippen molar-refractivity contribution in [2.24, 2.45) is 0 Å². The number of carbonyl (C=O) groups excluding carboxylic acids is 2. The van der Waals surface area contributed by atoms with Crippen LogP contribution in [0, 0.1) is 0 Å². The fraction of sp³-hybridized carbons (Fsp3) is 0.107. The fourth-order valence-corrected chi connectivity index (χ4v) is 4.75. The van der Waals surface area contributed by atoms with E-state index in [-0.39, 0.29) is 11.3 Å². The number of ketones is 1. The number of aliphatic hydroxyl groups excluding tert-OH is 1. The van der Waals surface area contributed by atoms with Crippen molar-refractivity contribution in [3.8, 4) is 17.2 Å². The highest BCUT2D eigenvalue weighted by atomic mass is 32.1. The van der Waals surface area contributed by atoms with Crippen LogP contribution in [0.25, 0.3) is 5.76 Å². The van der Waals surface area contributed by atoms with Crippen LogP contribution in [0.3, 0.4) is 0 Å². The molecule has 5 rings (SSSR count). The number of thiazole rings is 1. The lowest BCUT2D eigenvalue weighted by Gasteiger charge is -2.23. The average molecular weight is 499 g/mol. The van der Waals surface area contributed by atoms with Crippen molar-refractivity contribution in [3.63, 3.8) is 0 Å². The molecule has 1 saturated heterocycles. The molecule has 3 aromatic carbocycles. The Morgan fingerprint density at radius 1 is 0.972 bits per heavy atom. The van der Waals surface area contributed by atoms with Gasteiger partial charge in [-0.05, 0) is 61.0 Å². The molecule has 7 nitrogen and oxygen atoms in total. The Morgan fingerprint density at radius 3 is 2.42 bits per heavy atom. The first kappa shape index (κ1) is 23.3. The number of aliphatic hydroxyl groups is 1. The van der Waals surface area contributed by atoms with Gasteiger partial charge < -0.3 is 14.6 Å². The molecule has 1 fully saturated rings. The van der Waals surface area contributed by atoms with Crippen LogP contribution in [0.2, 0.25) is 0 Å². The van der Waals surface area contributed by atoms with Crippen molar-refractivity contribution in [1.82, 2.24) is 4.98 Å². The normalized spacial score (nSPS) is 16.8. The van der Waals surface area contributed by atoms with Gasteiger partial charge in [0, 0.05) is 17.1 Å². The average Bonchev–Trinajstić information content (AvgIpc) is 3.52. The summed E-state index contributed by atoms with van der Waals surface area (Å²) in [5, 5.41) is 13.4. The van der Waals surface area contributed by atoms with Gasteiger partial charge in [0.25, 0.3) is 5.78 Å². The van der Waals surface area contributed by atoms with Crippen molar-refractivity contribution >= 4 is 33.9 Å². The zero-order valence-electron chi connectivity index (χ0n) is 19.3. The zero-order chi connectivity index (χ0) is 25.1. The van der Waals surface area contributed by atoms with E-state index < -0.39 is 17.7 Å². The summed E-state index contributed by atoms with van der Waals surface area (Å²) in [6.45, 7) is 2.38. The second-order valence-electron chi connectivity index (χ2n) is 7.93. The summed E-state index contributed by atoms with van der Waals surface area (Å²) in [4.78, 5) is 32.1. The Kier molecular flexibility index (Phi) is 6.51. The van der Waals surface area contributed by atoms with E-state index in [0.29, 0.717) is 40.1 Å². The van der Waals surface area contributed by atoms with Gasteiger partial charge in [-0.15, -0.1) is 11.3 Å². The molecule has 0 radical (unpaired) electrons. The molecule has 1 amide bonds. The number of aromatic nitrogens is 1. The quantitative estimate of drug-likeness (QED) is 0.192. The van der Waals surface area contributed by atoms with Gasteiger partial charge in [-0.1, -0.05) is 30.3 Å². The third-order valence-corrected chi connectivity index (χ3v) is 6.43. The number of para-hydroxylation sites is 1. The monoisotopic (exact) mass is 498 g/mol. The summed E-state index contributed by atoms with van der Waals surface area (Å²) < 4.78 is 11.5. The van der Waals surface area contributed by atoms with Crippen molar-refractivity contribution in [1.29, 1.82) is 0 Å². The summed E-state index contributed by atoms with van der Waals surface area (Å²) in [7, 11) is 0. The van der Waals surface area contributed by atoms with Crippen molar-refractivity contribution in [2.45, 2.75) is 13.0 Å². The topological polar surface area (TPSA) is 89.0 Å². The maximum Gasteiger partial charge on any atom is 0.301 e. The van der Waals surface area contributed by atoms with E-state index in [2.05, 4.69) is 4.98 Å². The largest absolute Gasteiger partial charge is 0.507 e. The first-order valence-electron chi connectivity index (χ1n) is 11.3. The number of anilines is 1. The number of hydrogen-bond acceptors (Lipinski definition) is 7. The minimum absolute atomic E-state index is 0.0174. The molecule has 4 aromatic rings. The lowest BCUT2D eigenvalue weighted by Crippen LogP contribution is -2.29. The number of Topliss-reactive ketones (excluding diaryl/α,β-unsaturated/α-hetero) is 1. The van der Waals surface area contributed by atoms with Gasteiger partial charge in [0.2, 0.25) is 0 Å². The van der Waals surface area contributed by atoms with E-state index in [1.54, 1.807) is 60.1 Å². The van der Waals surface area contributed by atoms with Crippen LogP contribution in [-0.4, -0.2) is 28.4 Å². The predicted molar refractivity (Wildman–Crippen MR) is 137 cm³/mol. The lowest BCUT2D eigenvalue weighted by molar-refractivity contribution is -0.132. The van der Waals surface area contributed by atoms with Crippen LogP contribution in [0.1, 0.15) is 24.1 Å². The van der Waals surface area contributed by atoms with Crippen LogP contribution < -0.4 is 14.4 Å². The molecule has 0 bridgehead atoms. The molecule has 180 valence electrons. The molecule has 1 aromatic heterocycles. The Bertz CT molecular complexity index is 1420. The lowest BCUT2D eigenvalue weighted by atomic mass is 9.95. The molecule has 0 saturated carbocycles. The third-order valence-electron chi connectivity index (χ3n) is 5.66. The van der Waals surface area contributed by atoms with E-state index in [1.165, 1.54) is 16.2 Å². The Hall–Kier alpha value is -4.43. The second-order valence-corrected chi connectivity index (χ2v) is 8.80.